The maximum Gasteiger partial charge on any atom is 0.324 e. The van der Waals surface area contributed by atoms with E-state index >= 15 is 0 Å². The molecule has 0 aromatic carbocycles. The van der Waals surface area contributed by atoms with Gasteiger partial charge in [-0.1, -0.05) is 84.5 Å². The fraction of sp³-hybridized carbons (Fsp3) is 0.919. The van der Waals surface area contributed by atoms with Gasteiger partial charge in [-0.3, -0.25) is 24.2 Å². The van der Waals surface area contributed by atoms with Crippen LogP contribution in [0.4, 0.5) is 0 Å². The predicted octanol–water partition coefficient (Wildman–Crippen LogP) is 7.99. The zero-order chi connectivity index (χ0) is 34.4. The van der Waals surface area contributed by atoms with Gasteiger partial charge in [0.05, 0.1) is 19.8 Å². The molecule has 9 nitrogen and oxygen atoms in total. The Morgan fingerprint density at radius 3 is 1.70 bits per heavy atom. The zero-order valence-electron chi connectivity index (χ0n) is 30.0. The van der Waals surface area contributed by atoms with Crippen LogP contribution >= 0.6 is 11.9 Å². The van der Waals surface area contributed by atoms with Crippen molar-refractivity contribution >= 4 is 29.8 Å². The van der Waals surface area contributed by atoms with Crippen LogP contribution in [-0.2, 0) is 28.1 Å². The Morgan fingerprint density at radius 1 is 0.660 bits per heavy atom. The normalized spacial score (nSPS) is 13.3. The second-order valence-electron chi connectivity index (χ2n) is 13.5. The van der Waals surface area contributed by atoms with Gasteiger partial charge in [0, 0.05) is 50.9 Å². The number of aliphatic hydroxyl groups excluding tert-OH is 1. The topological polar surface area (TPSA) is 106 Å². The number of hydrogen-bond donors (Lipinski definition) is 1. The second kappa shape index (κ2) is 30.6. The van der Waals surface area contributed by atoms with Crippen LogP contribution in [0.15, 0.2) is 0 Å². The summed E-state index contributed by atoms with van der Waals surface area (Å²) in [4.78, 5) is 41.0. The lowest BCUT2D eigenvalue weighted by Gasteiger charge is -2.39. The van der Waals surface area contributed by atoms with E-state index in [1.54, 1.807) is 0 Å². The molecule has 1 aliphatic rings. The summed E-state index contributed by atoms with van der Waals surface area (Å²) in [5.74, 6) is -0.681. The molecule has 0 atom stereocenters. The average Bonchev–Trinajstić information content (AvgIpc) is 3.04. The van der Waals surface area contributed by atoms with Gasteiger partial charge in [0.15, 0.2) is 0 Å². The molecule has 0 unspecified atom stereocenters. The number of carbonyl (C=O) groups excluding carboxylic acids is 3. The SMILES string of the molecule is CCCCCCCC(=O)OCC(CCCCN(CCO)CCN(CCCCCC(=O)OCl)C1CCC1)COC(=O)CCCCCCC. The Bertz CT molecular complexity index is 754. The van der Waals surface area contributed by atoms with Crippen LogP contribution in [0.25, 0.3) is 0 Å². The van der Waals surface area contributed by atoms with Gasteiger partial charge in [0.25, 0.3) is 0 Å². The summed E-state index contributed by atoms with van der Waals surface area (Å²) in [5, 5.41) is 9.73. The standard InChI is InChI=1S/C37H69ClN2O7/c1-3-5-7-9-12-22-35(42)45-31-33(32-46-36(43)23-13-10-8-6-4-2)19-15-17-25-39(29-30-41)27-28-40(34-20-18-21-34)26-16-11-14-24-37(44)47-38/h33-34,41H,3-32H2,1-2H3. The molecule has 0 radical (unpaired) electrons. The summed E-state index contributed by atoms with van der Waals surface area (Å²) in [6, 6.07) is 0.637. The van der Waals surface area contributed by atoms with Gasteiger partial charge in [0.1, 0.15) is 11.9 Å². The largest absolute Gasteiger partial charge is 0.465 e. The van der Waals surface area contributed by atoms with Crippen molar-refractivity contribution in [2.45, 2.75) is 161 Å². The molecule has 0 aromatic rings. The minimum Gasteiger partial charge on any atom is -0.465 e. The monoisotopic (exact) mass is 688 g/mol. The molecule has 1 N–H and O–H groups in total. The third-order valence-electron chi connectivity index (χ3n) is 9.39. The van der Waals surface area contributed by atoms with E-state index < -0.39 is 0 Å². The molecule has 0 amide bonds. The molecule has 0 aromatic heterocycles. The van der Waals surface area contributed by atoms with Crippen LogP contribution in [0.5, 0.6) is 0 Å². The van der Waals surface area contributed by atoms with Gasteiger partial charge in [-0.05, 0) is 64.5 Å². The van der Waals surface area contributed by atoms with Crippen LogP contribution in [0.2, 0.25) is 0 Å². The summed E-state index contributed by atoms with van der Waals surface area (Å²) in [7, 11) is 0. The molecule has 1 saturated carbocycles. The van der Waals surface area contributed by atoms with Gasteiger partial charge in [-0.15, -0.1) is 0 Å². The molecule has 0 saturated heterocycles. The van der Waals surface area contributed by atoms with Crippen LogP contribution in [0, 0.1) is 5.92 Å². The third kappa shape index (κ3) is 24.4. The van der Waals surface area contributed by atoms with E-state index in [4.69, 9.17) is 21.3 Å². The fourth-order valence-corrected chi connectivity index (χ4v) is 6.15. The van der Waals surface area contributed by atoms with Crippen molar-refractivity contribution in [3.05, 3.63) is 0 Å². The number of nitrogens with zero attached hydrogens (tertiary/aromatic N) is 2. The number of hydrogen-bond acceptors (Lipinski definition) is 9. The highest BCUT2D eigenvalue weighted by molar-refractivity contribution is 6.13. The molecule has 0 spiro atoms. The summed E-state index contributed by atoms with van der Waals surface area (Å²) in [5.41, 5.74) is 0. The van der Waals surface area contributed by atoms with E-state index in [2.05, 4.69) is 27.9 Å². The quantitative estimate of drug-likeness (QED) is 0.0543. The van der Waals surface area contributed by atoms with Crippen molar-refractivity contribution in [3.63, 3.8) is 0 Å². The van der Waals surface area contributed by atoms with Crippen LogP contribution in [0.3, 0.4) is 0 Å². The van der Waals surface area contributed by atoms with E-state index in [1.165, 1.54) is 44.9 Å². The average molecular weight is 689 g/mol. The van der Waals surface area contributed by atoms with E-state index in [0.717, 1.165) is 103 Å². The van der Waals surface area contributed by atoms with Gasteiger partial charge in [-0.25, -0.2) is 0 Å². The van der Waals surface area contributed by atoms with E-state index in [1.807, 2.05) is 0 Å². The highest BCUT2D eigenvalue weighted by Gasteiger charge is 2.25. The first-order valence-electron chi connectivity index (χ1n) is 19.1. The zero-order valence-corrected chi connectivity index (χ0v) is 30.8. The summed E-state index contributed by atoms with van der Waals surface area (Å²) in [6.45, 7) is 9.51. The van der Waals surface area contributed by atoms with Crippen molar-refractivity contribution in [2.24, 2.45) is 5.92 Å². The van der Waals surface area contributed by atoms with Crippen LogP contribution < -0.4 is 0 Å². The smallest absolute Gasteiger partial charge is 0.324 e. The molecule has 276 valence electrons. The lowest BCUT2D eigenvalue weighted by atomic mass is 9.91. The fourth-order valence-electron chi connectivity index (χ4n) is 6.07. The maximum atomic E-state index is 12.4. The summed E-state index contributed by atoms with van der Waals surface area (Å²) in [6.07, 6.45) is 21.5. The number of unbranched alkanes of at least 4 members (excludes halogenated alkanes) is 11. The molecule has 0 bridgehead atoms. The number of halogens is 1. The molecule has 0 heterocycles. The molecular formula is C37H69ClN2O7. The molecule has 1 fully saturated rings. The number of ether oxygens (including phenoxy) is 2. The first kappa shape index (κ1) is 43.6. The van der Waals surface area contributed by atoms with Crippen LogP contribution in [0.1, 0.15) is 155 Å². The van der Waals surface area contributed by atoms with Gasteiger partial charge in [0.2, 0.25) is 0 Å². The Morgan fingerprint density at radius 2 is 1.19 bits per heavy atom. The van der Waals surface area contributed by atoms with Crippen molar-refractivity contribution < 1.29 is 33.3 Å². The van der Waals surface area contributed by atoms with Gasteiger partial charge in [-0.2, -0.15) is 0 Å². The molecular weight excluding hydrogens is 620 g/mol. The van der Waals surface area contributed by atoms with Gasteiger partial charge >= 0.3 is 17.9 Å². The number of carbonyl (C=O) groups is 3. The van der Waals surface area contributed by atoms with Crippen molar-refractivity contribution in [1.29, 1.82) is 0 Å². The minimum atomic E-state index is -0.364. The molecule has 47 heavy (non-hydrogen) atoms. The second-order valence-corrected chi connectivity index (χ2v) is 13.7. The van der Waals surface area contributed by atoms with Crippen molar-refractivity contribution in [1.82, 2.24) is 9.80 Å². The Labute approximate surface area is 291 Å². The van der Waals surface area contributed by atoms with E-state index in [9.17, 15) is 19.5 Å². The van der Waals surface area contributed by atoms with E-state index in [-0.39, 0.29) is 30.4 Å². The molecule has 1 aliphatic carbocycles. The highest BCUT2D eigenvalue weighted by Crippen LogP contribution is 2.25. The Balaban J connectivity index is 2.50. The lowest BCUT2D eigenvalue weighted by Crippen LogP contribution is -2.45. The maximum absolute atomic E-state index is 12.4. The minimum absolute atomic E-state index is 0.00484. The van der Waals surface area contributed by atoms with Crippen molar-refractivity contribution in [3.8, 4) is 0 Å². The Hall–Kier alpha value is -1.42. The molecule has 0 aliphatic heterocycles. The Kier molecular flexibility index (Phi) is 28.4. The molecule has 10 heteroatoms. The number of esters is 2. The molecule has 1 rings (SSSR count). The van der Waals surface area contributed by atoms with E-state index in [0.29, 0.717) is 45.1 Å². The summed E-state index contributed by atoms with van der Waals surface area (Å²) < 4.78 is 15.5. The lowest BCUT2D eigenvalue weighted by molar-refractivity contribution is -0.149. The highest BCUT2D eigenvalue weighted by atomic mass is 35.5. The van der Waals surface area contributed by atoms with Gasteiger partial charge < -0.3 is 18.9 Å². The third-order valence-corrected chi connectivity index (χ3v) is 9.56. The number of rotatable bonds is 33. The predicted molar refractivity (Wildman–Crippen MR) is 189 cm³/mol. The summed E-state index contributed by atoms with van der Waals surface area (Å²) >= 11 is 5.13. The number of aliphatic hydroxyl groups is 1. The first-order valence-corrected chi connectivity index (χ1v) is 19.4. The first-order chi connectivity index (χ1) is 22.9. The van der Waals surface area contributed by atoms with Crippen LogP contribution in [-0.4, -0.2) is 91.4 Å². The van der Waals surface area contributed by atoms with Crippen molar-refractivity contribution in [2.75, 3.05) is 52.5 Å².